The standard InChI is InChI=1S/C24H16N2O6S/c25-9-8-21(28)30-14-5-7-16-20(11-14)31-19-10-13(27)4-6-15(19)24(16)17-2-1-3-18(26-12-33)22(17)23(29)32-24/h1-7,10-11,27H,8-9,25H2. The number of phenols is 1. The van der Waals surface area contributed by atoms with Gasteiger partial charge in [-0.05, 0) is 42.5 Å². The molecule has 0 aliphatic carbocycles. The Morgan fingerprint density at radius 3 is 2.64 bits per heavy atom. The maximum atomic E-state index is 13.1. The van der Waals surface area contributed by atoms with E-state index >= 15 is 0 Å². The Morgan fingerprint density at radius 2 is 1.88 bits per heavy atom. The van der Waals surface area contributed by atoms with Crippen molar-refractivity contribution in [2.45, 2.75) is 12.0 Å². The molecular weight excluding hydrogens is 444 g/mol. The first-order valence-corrected chi connectivity index (χ1v) is 10.4. The first-order chi connectivity index (χ1) is 16.0. The number of benzene rings is 3. The van der Waals surface area contributed by atoms with Gasteiger partial charge in [-0.3, -0.25) is 4.79 Å². The quantitative estimate of drug-likeness (QED) is 0.260. The lowest BCUT2D eigenvalue weighted by Gasteiger charge is -2.36. The number of hydrogen-bond donors (Lipinski definition) is 2. The molecule has 8 nitrogen and oxygen atoms in total. The number of thiocarbonyl (C=S) groups is 1. The highest BCUT2D eigenvalue weighted by Crippen LogP contribution is 2.57. The third-order valence-corrected chi connectivity index (χ3v) is 5.61. The van der Waals surface area contributed by atoms with Gasteiger partial charge in [0.15, 0.2) is 5.60 Å². The second-order valence-electron chi connectivity index (χ2n) is 7.43. The van der Waals surface area contributed by atoms with Crippen LogP contribution in [0, 0.1) is 0 Å². The number of esters is 2. The van der Waals surface area contributed by atoms with Crippen molar-refractivity contribution < 1.29 is 28.9 Å². The molecule has 0 fully saturated rings. The minimum absolute atomic E-state index is 0.0264. The molecule has 1 spiro atoms. The highest BCUT2D eigenvalue weighted by Gasteiger charge is 2.54. The first-order valence-electron chi connectivity index (χ1n) is 9.99. The van der Waals surface area contributed by atoms with Crippen LogP contribution >= 0.6 is 12.2 Å². The number of phenolic OH excluding ortho intramolecular Hbond substituents is 1. The van der Waals surface area contributed by atoms with Crippen molar-refractivity contribution in [1.82, 2.24) is 0 Å². The van der Waals surface area contributed by atoms with Gasteiger partial charge in [-0.2, -0.15) is 4.99 Å². The molecule has 0 bridgehead atoms. The van der Waals surface area contributed by atoms with Gasteiger partial charge in [-0.1, -0.05) is 12.1 Å². The fourth-order valence-corrected chi connectivity index (χ4v) is 4.33. The SMILES string of the molecule is NCCC(=O)Oc1ccc2c(c1)Oc1cc(O)ccc1C21OC(=O)c2c(N=C=S)cccc21. The summed E-state index contributed by atoms with van der Waals surface area (Å²) in [7, 11) is 0. The molecule has 0 saturated heterocycles. The molecule has 3 N–H and O–H groups in total. The minimum atomic E-state index is -1.37. The fraction of sp³-hybridized carbons (Fsp3) is 0.125. The van der Waals surface area contributed by atoms with Gasteiger partial charge in [0.2, 0.25) is 0 Å². The molecule has 1 atom stereocenters. The zero-order valence-electron chi connectivity index (χ0n) is 17.0. The van der Waals surface area contributed by atoms with Crippen molar-refractivity contribution in [3.8, 4) is 23.0 Å². The number of nitrogens with zero attached hydrogens (tertiary/aromatic N) is 1. The van der Waals surface area contributed by atoms with E-state index in [1.54, 1.807) is 36.4 Å². The van der Waals surface area contributed by atoms with Crippen LogP contribution in [0.25, 0.3) is 0 Å². The van der Waals surface area contributed by atoms with Crippen LogP contribution in [-0.2, 0) is 15.1 Å². The summed E-state index contributed by atoms with van der Waals surface area (Å²) in [6, 6.07) is 14.5. The minimum Gasteiger partial charge on any atom is -0.508 e. The Kier molecular flexibility index (Phi) is 4.94. The lowest BCUT2D eigenvalue weighted by molar-refractivity contribution is -0.134. The summed E-state index contributed by atoms with van der Waals surface area (Å²) in [5, 5.41) is 12.4. The topological polar surface area (TPSA) is 120 Å². The number of nitrogens with two attached hydrogens (primary N) is 1. The van der Waals surface area contributed by atoms with Crippen molar-refractivity contribution >= 4 is 35.0 Å². The predicted octanol–water partition coefficient (Wildman–Crippen LogP) is 3.95. The van der Waals surface area contributed by atoms with Gasteiger partial charge in [0.05, 0.1) is 22.8 Å². The van der Waals surface area contributed by atoms with Crippen LogP contribution in [0.15, 0.2) is 59.6 Å². The third kappa shape index (κ3) is 3.18. The van der Waals surface area contributed by atoms with Crippen molar-refractivity contribution in [1.29, 1.82) is 0 Å². The molecule has 2 aliphatic rings. The van der Waals surface area contributed by atoms with Gasteiger partial charge in [-0.15, -0.1) is 0 Å². The lowest BCUT2D eigenvalue weighted by Crippen LogP contribution is -2.33. The molecule has 2 aliphatic heterocycles. The van der Waals surface area contributed by atoms with E-state index in [0.29, 0.717) is 28.1 Å². The number of fused-ring (bicyclic) bond motifs is 6. The summed E-state index contributed by atoms with van der Waals surface area (Å²) in [6.07, 6.45) is 0.0622. The van der Waals surface area contributed by atoms with E-state index in [-0.39, 0.29) is 35.8 Å². The van der Waals surface area contributed by atoms with Gasteiger partial charge < -0.3 is 25.1 Å². The van der Waals surface area contributed by atoms with Crippen LogP contribution in [0.5, 0.6) is 23.0 Å². The second kappa shape index (κ2) is 7.83. The third-order valence-electron chi connectivity index (χ3n) is 5.51. The molecule has 2 heterocycles. The summed E-state index contributed by atoms with van der Waals surface area (Å²) in [4.78, 5) is 29.0. The van der Waals surface area contributed by atoms with E-state index in [2.05, 4.69) is 10.2 Å². The lowest BCUT2D eigenvalue weighted by atomic mass is 9.77. The number of carbonyl (C=O) groups is 2. The molecule has 0 radical (unpaired) electrons. The molecule has 3 aromatic carbocycles. The number of ether oxygens (including phenoxy) is 3. The molecule has 0 aromatic heterocycles. The molecule has 0 amide bonds. The second-order valence-corrected chi connectivity index (χ2v) is 7.61. The Labute approximate surface area is 193 Å². The number of hydrogen-bond acceptors (Lipinski definition) is 9. The Morgan fingerprint density at radius 1 is 1.12 bits per heavy atom. The van der Waals surface area contributed by atoms with Crippen LogP contribution in [0.2, 0.25) is 0 Å². The van der Waals surface area contributed by atoms with E-state index in [0.717, 1.165) is 0 Å². The Balaban J connectivity index is 1.75. The van der Waals surface area contributed by atoms with Crippen molar-refractivity contribution in [2.24, 2.45) is 10.7 Å². The summed E-state index contributed by atoms with van der Waals surface area (Å²) >= 11 is 4.73. The Hall–Kier alpha value is -4.04. The number of aromatic hydroxyl groups is 1. The number of carbonyl (C=O) groups excluding carboxylic acids is 2. The highest BCUT2D eigenvalue weighted by atomic mass is 32.1. The predicted molar refractivity (Wildman–Crippen MR) is 120 cm³/mol. The van der Waals surface area contributed by atoms with Crippen molar-refractivity contribution in [2.75, 3.05) is 6.54 Å². The maximum Gasteiger partial charge on any atom is 0.342 e. The van der Waals surface area contributed by atoms with E-state index in [1.807, 2.05) is 0 Å². The summed E-state index contributed by atoms with van der Waals surface area (Å²) in [6.45, 7) is 0.162. The van der Waals surface area contributed by atoms with Crippen LogP contribution in [-0.4, -0.2) is 28.8 Å². The van der Waals surface area contributed by atoms with Crippen LogP contribution in [0.1, 0.15) is 33.5 Å². The van der Waals surface area contributed by atoms with Gasteiger partial charge in [0, 0.05) is 35.4 Å². The summed E-state index contributed by atoms with van der Waals surface area (Å²) in [5.41, 5.74) is 6.24. The zero-order chi connectivity index (χ0) is 23.2. The monoisotopic (exact) mass is 460 g/mol. The number of rotatable bonds is 4. The smallest absolute Gasteiger partial charge is 0.342 e. The first kappa shape index (κ1) is 20.8. The average molecular weight is 460 g/mol. The molecule has 0 saturated carbocycles. The van der Waals surface area contributed by atoms with Gasteiger partial charge >= 0.3 is 11.9 Å². The Bertz CT molecular complexity index is 1380. The summed E-state index contributed by atoms with van der Waals surface area (Å²) in [5.74, 6) is -0.259. The van der Waals surface area contributed by atoms with Gasteiger partial charge in [0.1, 0.15) is 23.0 Å². The van der Waals surface area contributed by atoms with E-state index in [1.165, 1.54) is 18.2 Å². The average Bonchev–Trinajstić information content (AvgIpc) is 3.07. The van der Waals surface area contributed by atoms with Crippen LogP contribution < -0.4 is 15.2 Å². The molecule has 5 rings (SSSR count). The molecule has 1 unspecified atom stereocenters. The van der Waals surface area contributed by atoms with Crippen LogP contribution in [0.3, 0.4) is 0 Å². The molecule has 33 heavy (non-hydrogen) atoms. The van der Waals surface area contributed by atoms with Crippen molar-refractivity contribution in [3.05, 3.63) is 76.9 Å². The van der Waals surface area contributed by atoms with E-state index in [9.17, 15) is 14.7 Å². The van der Waals surface area contributed by atoms with Gasteiger partial charge in [0.25, 0.3) is 0 Å². The fourth-order valence-electron chi connectivity index (χ4n) is 4.23. The van der Waals surface area contributed by atoms with Crippen molar-refractivity contribution in [3.63, 3.8) is 0 Å². The molecule has 164 valence electrons. The maximum absolute atomic E-state index is 13.1. The number of isothiocyanates is 1. The van der Waals surface area contributed by atoms with E-state index < -0.39 is 17.5 Å². The largest absolute Gasteiger partial charge is 0.508 e. The molecular formula is C24H16N2O6S. The van der Waals surface area contributed by atoms with Crippen LogP contribution in [0.4, 0.5) is 5.69 Å². The van der Waals surface area contributed by atoms with E-state index in [4.69, 9.17) is 32.2 Å². The normalized spacial score (nSPS) is 17.2. The summed E-state index contributed by atoms with van der Waals surface area (Å²) < 4.78 is 17.4. The van der Waals surface area contributed by atoms with Gasteiger partial charge in [-0.25, -0.2) is 4.79 Å². The highest BCUT2D eigenvalue weighted by molar-refractivity contribution is 7.78. The number of aliphatic imine (C=N–C) groups is 1. The molecule has 3 aromatic rings. The zero-order valence-corrected chi connectivity index (χ0v) is 17.8. The molecule has 9 heteroatoms.